The molecule has 1 aromatic carbocycles. The van der Waals surface area contributed by atoms with E-state index in [0.717, 1.165) is 54.4 Å². The molecule has 0 aliphatic carbocycles. The van der Waals surface area contributed by atoms with Crippen LogP contribution in [0.4, 0.5) is 0 Å². The molecule has 108 valence electrons. The lowest BCUT2D eigenvalue weighted by molar-refractivity contribution is 0.317. The first-order chi connectivity index (χ1) is 9.76. The summed E-state index contributed by atoms with van der Waals surface area (Å²) >= 11 is 0. The highest BCUT2D eigenvalue weighted by Gasteiger charge is 2.13. The molecule has 0 atom stereocenters. The smallest absolute Gasteiger partial charge is 0.170 e. The van der Waals surface area contributed by atoms with Crippen LogP contribution in [-0.4, -0.2) is 18.3 Å². The van der Waals surface area contributed by atoms with Crippen molar-refractivity contribution in [1.82, 2.24) is 10.5 Å². The highest BCUT2D eigenvalue weighted by molar-refractivity contribution is 5.62. The molecule has 0 spiro atoms. The van der Waals surface area contributed by atoms with Crippen molar-refractivity contribution in [2.75, 3.05) is 13.2 Å². The number of aromatic nitrogens is 1. The Kier molecular flexibility index (Phi) is 5.18. The predicted octanol–water partition coefficient (Wildman–Crippen LogP) is 3.55. The van der Waals surface area contributed by atoms with Crippen LogP contribution in [0.25, 0.3) is 11.3 Å². The average molecular weight is 274 g/mol. The van der Waals surface area contributed by atoms with Crippen LogP contribution in [0.1, 0.15) is 31.5 Å². The van der Waals surface area contributed by atoms with Crippen LogP contribution >= 0.6 is 0 Å². The fourth-order valence-corrected chi connectivity index (χ4v) is 1.97. The first-order valence-electron chi connectivity index (χ1n) is 7.15. The third-order valence-corrected chi connectivity index (χ3v) is 3.15. The van der Waals surface area contributed by atoms with E-state index < -0.39 is 0 Å². The van der Waals surface area contributed by atoms with Crippen LogP contribution in [0.5, 0.6) is 5.75 Å². The van der Waals surface area contributed by atoms with Gasteiger partial charge in [0.2, 0.25) is 0 Å². The molecule has 0 unspecified atom stereocenters. The average Bonchev–Trinajstić information content (AvgIpc) is 2.84. The fraction of sp³-hybridized carbons (Fsp3) is 0.438. The van der Waals surface area contributed by atoms with Crippen LogP contribution in [0, 0.1) is 6.92 Å². The van der Waals surface area contributed by atoms with Crippen molar-refractivity contribution < 1.29 is 9.26 Å². The second-order valence-electron chi connectivity index (χ2n) is 4.74. The molecule has 1 N–H and O–H groups in total. The van der Waals surface area contributed by atoms with E-state index in [0.29, 0.717) is 0 Å². The van der Waals surface area contributed by atoms with Gasteiger partial charge < -0.3 is 14.6 Å². The topological polar surface area (TPSA) is 47.3 Å². The van der Waals surface area contributed by atoms with Crippen molar-refractivity contribution in [2.45, 2.75) is 33.7 Å². The summed E-state index contributed by atoms with van der Waals surface area (Å²) in [7, 11) is 0. The molecule has 0 saturated heterocycles. The molecular formula is C16H22N2O2. The zero-order valence-corrected chi connectivity index (χ0v) is 12.4. The molecular weight excluding hydrogens is 252 g/mol. The summed E-state index contributed by atoms with van der Waals surface area (Å²) in [5.74, 6) is 1.72. The summed E-state index contributed by atoms with van der Waals surface area (Å²) in [6.07, 6.45) is 1.01. The monoisotopic (exact) mass is 274 g/mol. The van der Waals surface area contributed by atoms with E-state index in [2.05, 4.69) is 24.3 Å². The van der Waals surface area contributed by atoms with E-state index in [1.807, 2.05) is 31.2 Å². The molecule has 0 amide bonds. The van der Waals surface area contributed by atoms with E-state index in [4.69, 9.17) is 9.26 Å². The van der Waals surface area contributed by atoms with E-state index in [9.17, 15) is 0 Å². The van der Waals surface area contributed by atoms with Gasteiger partial charge in [-0.15, -0.1) is 0 Å². The summed E-state index contributed by atoms with van der Waals surface area (Å²) in [4.78, 5) is 0. The van der Waals surface area contributed by atoms with Gasteiger partial charge in [0.25, 0.3) is 0 Å². The largest absolute Gasteiger partial charge is 0.494 e. The zero-order valence-electron chi connectivity index (χ0n) is 12.4. The third kappa shape index (κ3) is 3.39. The van der Waals surface area contributed by atoms with Gasteiger partial charge in [-0.25, -0.2) is 0 Å². The Morgan fingerprint density at radius 1 is 1.20 bits per heavy atom. The van der Waals surface area contributed by atoms with Gasteiger partial charge in [-0.05, 0) is 44.2 Å². The summed E-state index contributed by atoms with van der Waals surface area (Å²) in [6.45, 7) is 8.62. The Morgan fingerprint density at radius 2 is 1.95 bits per heavy atom. The van der Waals surface area contributed by atoms with Crippen molar-refractivity contribution in [1.29, 1.82) is 0 Å². The Morgan fingerprint density at radius 3 is 2.60 bits per heavy atom. The van der Waals surface area contributed by atoms with Gasteiger partial charge in [-0.1, -0.05) is 19.0 Å². The molecule has 2 rings (SSSR count). The molecule has 0 bridgehead atoms. The van der Waals surface area contributed by atoms with E-state index in [1.54, 1.807) is 0 Å². The summed E-state index contributed by atoms with van der Waals surface area (Å²) < 4.78 is 11.0. The summed E-state index contributed by atoms with van der Waals surface area (Å²) in [6, 6.07) is 7.96. The summed E-state index contributed by atoms with van der Waals surface area (Å²) in [5.41, 5.74) is 3.09. The highest BCUT2D eigenvalue weighted by atomic mass is 16.5. The molecule has 0 radical (unpaired) electrons. The molecule has 4 heteroatoms. The Labute approximate surface area is 120 Å². The minimum Gasteiger partial charge on any atom is -0.494 e. The van der Waals surface area contributed by atoms with E-state index in [-0.39, 0.29) is 0 Å². The van der Waals surface area contributed by atoms with Crippen molar-refractivity contribution in [3.05, 3.63) is 35.5 Å². The quantitative estimate of drug-likeness (QED) is 0.838. The van der Waals surface area contributed by atoms with E-state index >= 15 is 0 Å². The predicted molar refractivity (Wildman–Crippen MR) is 79.8 cm³/mol. The Hall–Kier alpha value is -1.81. The second kappa shape index (κ2) is 7.10. The lowest BCUT2D eigenvalue weighted by atomic mass is 10.1. The number of hydrogen-bond acceptors (Lipinski definition) is 4. The van der Waals surface area contributed by atoms with Gasteiger partial charge in [0.05, 0.1) is 6.61 Å². The van der Waals surface area contributed by atoms with Crippen molar-refractivity contribution >= 4 is 0 Å². The number of hydrogen-bond donors (Lipinski definition) is 1. The van der Waals surface area contributed by atoms with Crippen molar-refractivity contribution in [2.24, 2.45) is 0 Å². The number of nitrogens with zero attached hydrogens (tertiary/aromatic N) is 1. The van der Waals surface area contributed by atoms with Gasteiger partial charge in [-0.2, -0.15) is 0 Å². The third-order valence-electron chi connectivity index (χ3n) is 3.15. The second-order valence-corrected chi connectivity index (χ2v) is 4.74. The van der Waals surface area contributed by atoms with Crippen LogP contribution in [0.2, 0.25) is 0 Å². The van der Waals surface area contributed by atoms with Crippen LogP contribution in [-0.2, 0) is 6.54 Å². The SMILES string of the molecule is CCCOc1ccc(-c2onc(CNCC)c2C)cc1. The Balaban J connectivity index is 2.13. The van der Waals surface area contributed by atoms with Crippen LogP contribution in [0.3, 0.4) is 0 Å². The molecule has 1 aromatic heterocycles. The molecule has 0 aliphatic heterocycles. The minimum absolute atomic E-state index is 0.740. The first-order valence-corrected chi connectivity index (χ1v) is 7.15. The molecule has 1 heterocycles. The highest BCUT2D eigenvalue weighted by Crippen LogP contribution is 2.27. The van der Waals surface area contributed by atoms with Gasteiger partial charge in [0.1, 0.15) is 11.4 Å². The molecule has 0 fully saturated rings. The standard InChI is InChI=1S/C16H22N2O2/c1-4-10-19-14-8-6-13(7-9-14)16-12(3)15(18-20-16)11-17-5-2/h6-9,17H,4-5,10-11H2,1-3H3. The number of ether oxygens (including phenoxy) is 1. The van der Waals surface area contributed by atoms with Gasteiger partial charge in [0, 0.05) is 17.7 Å². The molecule has 20 heavy (non-hydrogen) atoms. The molecule has 0 saturated carbocycles. The molecule has 2 aromatic rings. The van der Waals surface area contributed by atoms with E-state index in [1.165, 1.54) is 0 Å². The normalized spacial score (nSPS) is 10.8. The lowest BCUT2D eigenvalue weighted by Crippen LogP contribution is -2.12. The zero-order chi connectivity index (χ0) is 14.4. The van der Waals surface area contributed by atoms with Crippen molar-refractivity contribution in [3.8, 4) is 17.1 Å². The fourth-order valence-electron chi connectivity index (χ4n) is 1.97. The number of benzene rings is 1. The first kappa shape index (κ1) is 14.6. The van der Waals surface area contributed by atoms with Crippen LogP contribution < -0.4 is 10.1 Å². The Bertz CT molecular complexity index is 532. The van der Waals surface area contributed by atoms with Crippen molar-refractivity contribution in [3.63, 3.8) is 0 Å². The van der Waals surface area contributed by atoms with Gasteiger partial charge in [0.15, 0.2) is 5.76 Å². The van der Waals surface area contributed by atoms with Gasteiger partial charge in [-0.3, -0.25) is 0 Å². The lowest BCUT2D eigenvalue weighted by Gasteiger charge is -2.05. The summed E-state index contributed by atoms with van der Waals surface area (Å²) in [5, 5.41) is 7.39. The maximum absolute atomic E-state index is 5.58. The number of rotatable bonds is 7. The number of nitrogens with one attached hydrogen (secondary N) is 1. The van der Waals surface area contributed by atoms with Gasteiger partial charge >= 0.3 is 0 Å². The molecule has 0 aliphatic rings. The maximum atomic E-state index is 5.58. The van der Waals surface area contributed by atoms with Crippen LogP contribution in [0.15, 0.2) is 28.8 Å². The minimum atomic E-state index is 0.740. The maximum Gasteiger partial charge on any atom is 0.170 e. The molecule has 4 nitrogen and oxygen atoms in total.